The molecule has 1 saturated carbocycles. The molecule has 0 aromatic heterocycles. The van der Waals surface area contributed by atoms with Crippen molar-refractivity contribution in [3.8, 4) is 28.7 Å². The van der Waals surface area contributed by atoms with Crippen molar-refractivity contribution in [2.24, 2.45) is 11.8 Å². The van der Waals surface area contributed by atoms with Crippen LogP contribution in [0.5, 0.6) is 5.75 Å². The van der Waals surface area contributed by atoms with Gasteiger partial charge in [-0.15, -0.1) is 0 Å². The first-order valence-electron chi connectivity index (χ1n) is 13.1. The maximum atomic E-state index is 5.53. The Morgan fingerprint density at radius 1 is 0.719 bits per heavy atom. The number of hydrogen-bond donors (Lipinski definition) is 0. The Balaban J connectivity index is 1.38. The predicted molar refractivity (Wildman–Crippen MR) is 138 cm³/mol. The fourth-order valence-electron chi connectivity index (χ4n) is 4.83. The standard InChI is InChI=1S/C31H42O/c1-3-5-6-7-8-9-10-11-26-12-14-27(15-13-26)16-17-28-18-20-29(21-19-28)30-22-24-31(25-23-30)32-4-2/h18-27H,3-15H2,1-2H3. The van der Waals surface area contributed by atoms with Crippen molar-refractivity contribution in [2.45, 2.75) is 90.9 Å². The third-order valence-electron chi connectivity index (χ3n) is 6.87. The molecule has 1 nitrogen and oxygen atoms in total. The van der Waals surface area contributed by atoms with E-state index in [1.54, 1.807) is 0 Å². The highest BCUT2D eigenvalue weighted by Crippen LogP contribution is 2.32. The second kappa shape index (κ2) is 14.1. The molecule has 32 heavy (non-hydrogen) atoms. The van der Waals surface area contributed by atoms with Crippen molar-refractivity contribution in [3.05, 3.63) is 54.1 Å². The number of hydrogen-bond acceptors (Lipinski definition) is 1. The predicted octanol–water partition coefficient (Wildman–Crippen LogP) is 9.05. The Morgan fingerprint density at radius 2 is 1.31 bits per heavy atom. The second-order valence-electron chi connectivity index (χ2n) is 9.43. The van der Waals surface area contributed by atoms with Gasteiger partial charge in [0, 0.05) is 11.5 Å². The van der Waals surface area contributed by atoms with Crippen molar-refractivity contribution in [1.29, 1.82) is 0 Å². The number of rotatable bonds is 11. The van der Waals surface area contributed by atoms with Gasteiger partial charge in [-0.3, -0.25) is 0 Å². The molecule has 0 amide bonds. The van der Waals surface area contributed by atoms with Gasteiger partial charge >= 0.3 is 0 Å². The summed E-state index contributed by atoms with van der Waals surface area (Å²) in [6.45, 7) is 5.01. The summed E-state index contributed by atoms with van der Waals surface area (Å²) in [5.41, 5.74) is 3.57. The Kier molecular flexibility index (Phi) is 10.7. The largest absolute Gasteiger partial charge is 0.494 e. The minimum atomic E-state index is 0.589. The van der Waals surface area contributed by atoms with E-state index < -0.39 is 0 Å². The molecule has 0 heterocycles. The summed E-state index contributed by atoms with van der Waals surface area (Å²) in [7, 11) is 0. The normalized spacial score (nSPS) is 18.1. The van der Waals surface area contributed by atoms with Gasteiger partial charge in [0.25, 0.3) is 0 Å². The molecule has 1 fully saturated rings. The van der Waals surface area contributed by atoms with E-state index in [-0.39, 0.29) is 0 Å². The first kappa shape index (κ1) is 24.4. The lowest BCUT2D eigenvalue weighted by Crippen LogP contribution is -2.13. The third-order valence-corrected chi connectivity index (χ3v) is 6.87. The maximum absolute atomic E-state index is 5.53. The molecule has 1 aliphatic rings. The molecule has 0 atom stereocenters. The Bertz CT molecular complexity index is 814. The molecule has 0 N–H and O–H groups in total. The number of benzene rings is 2. The highest BCUT2D eigenvalue weighted by Gasteiger charge is 2.19. The van der Waals surface area contributed by atoms with Crippen LogP contribution in [0, 0.1) is 23.7 Å². The summed E-state index contributed by atoms with van der Waals surface area (Å²) in [5, 5.41) is 0. The molecule has 0 unspecified atom stereocenters. The van der Waals surface area contributed by atoms with Gasteiger partial charge in [0.2, 0.25) is 0 Å². The molecular weight excluding hydrogens is 388 g/mol. The van der Waals surface area contributed by atoms with Gasteiger partial charge in [0.1, 0.15) is 5.75 Å². The summed E-state index contributed by atoms with van der Waals surface area (Å²) in [5.74, 6) is 9.48. The zero-order valence-electron chi connectivity index (χ0n) is 20.4. The van der Waals surface area contributed by atoms with Crippen LogP contribution in [0.25, 0.3) is 11.1 Å². The van der Waals surface area contributed by atoms with E-state index in [4.69, 9.17) is 4.74 Å². The van der Waals surface area contributed by atoms with E-state index in [0.717, 1.165) is 17.2 Å². The number of ether oxygens (including phenoxy) is 1. The molecule has 2 aromatic rings. The highest BCUT2D eigenvalue weighted by atomic mass is 16.5. The van der Waals surface area contributed by atoms with Crippen LogP contribution in [0.15, 0.2) is 48.5 Å². The second-order valence-corrected chi connectivity index (χ2v) is 9.43. The van der Waals surface area contributed by atoms with Gasteiger partial charge in [0.05, 0.1) is 6.61 Å². The Hall–Kier alpha value is -2.20. The summed E-state index contributed by atoms with van der Waals surface area (Å²) in [6, 6.07) is 17.0. The van der Waals surface area contributed by atoms with E-state index in [2.05, 4.69) is 55.2 Å². The number of unbranched alkanes of at least 4 members (excludes halogenated alkanes) is 6. The highest BCUT2D eigenvalue weighted by molar-refractivity contribution is 5.65. The van der Waals surface area contributed by atoms with Crippen LogP contribution in [0.1, 0.15) is 96.5 Å². The Morgan fingerprint density at radius 3 is 1.94 bits per heavy atom. The molecule has 0 aliphatic heterocycles. The SMILES string of the molecule is CCCCCCCCCC1CCC(C#Cc2ccc(-c3ccc(OCC)cc3)cc2)CC1. The van der Waals surface area contributed by atoms with Gasteiger partial charge < -0.3 is 4.74 Å². The van der Waals surface area contributed by atoms with Crippen molar-refractivity contribution in [2.75, 3.05) is 6.61 Å². The van der Waals surface area contributed by atoms with Crippen molar-refractivity contribution in [1.82, 2.24) is 0 Å². The minimum Gasteiger partial charge on any atom is -0.494 e. The van der Waals surface area contributed by atoms with Crippen LogP contribution in [-0.4, -0.2) is 6.61 Å². The van der Waals surface area contributed by atoms with Gasteiger partial charge in [-0.2, -0.15) is 0 Å². The van der Waals surface area contributed by atoms with E-state index in [0.29, 0.717) is 12.5 Å². The van der Waals surface area contributed by atoms with Crippen LogP contribution >= 0.6 is 0 Å². The third kappa shape index (κ3) is 8.38. The van der Waals surface area contributed by atoms with Crippen LogP contribution in [0.4, 0.5) is 0 Å². The van der Waals surface area contributed by atoms with E-state index in [1.165, 1.54) is 88.2 Å². The first-order valence-corrected chi connectivity index (χ1v) is 13.1. The fraction of sp³-hybridized carbons (Fsp3) is 0.548. The lowest BCUT2D eigenvalue weighted by atomic mass is 9.80. The maximum Gasteiger partial charge on any atom is 0.119 e. The Labute approximate surface area is 197 Å². The lowest BCUT2D eigenvalue weighted by Gasteiger charge is -2.25. The van der Waals surface area contributed by atoms with Gasteiger partial charge in [0.15, 0.2) is 0 Å². The zero-order chi connectivity index (χ0) is 22.4. The molecule has 0 bridgehead atoms. The van der Waals surface area contributed by atoms with Crippen molar-refractivity contribution < 1.29 is 4.74 Å². The smallest absolute Gasteiger partial charge is 0.119 e. The molecule has 1 aliphatic carbocycles. The topological polar surface area (TPSA) is 9.23 Å². The molecule has 3 rings (SSSR count). The van der Waals surface area contributed by atoms with Crippen LogP contribution in [-0.2, 0) is 0 Å². The van der Waals surface area contributed by atoms with Crippen LogP contribution in [0.3, 0.4) is 0 Å². The summed E-state index contributed by atoms with van der Waals surface area (Å²) < 4.78 is 5.53. The molecule has 0 saturated heterocycles. The van der Waals surface area contributed by atoms with Crippen molar-refractivity contribution in [3.63, 3.8) is 0 Å². The first-order chi connectivity index (χ1) is 15.8. The van der Waals surface area contributed by atoms with Gasteiger partial charge in [-0.1, -0.05) is 94.4 Å². The molecule has 0 radical (unpaired) electrons. The van der Waals surface area contributed by atoms with Gasteiger partial charge in [-0.25, -0.2) is 0 Å². The van der Waals surface area contributed by atoms with E-state index in [9.17, 15) is 0 Å². The van der Waals surface area contributed by atoms with Crippen molar-refractivity contribution >= 4 is 0 Å². The van der Waals surface area contributed by atoms with E-state index >= 15 is 0 Å². The molecular formula is C31H42O. The van der Waals surface area contributed by atoms with Crippen LogP contribution in [0.2, 0.25) is 0 Å². The summed E-state index contributed by atoms with van der Waals surface area (Å²) in [6.07, 6.45) is 16.7. The fourth-order valence-corrected chi connectivity index (χ4v) is 4.83. The summed E-state index contributed by atoms with van der Waals surface area (Å²) in [4.78, 5) is 0. The lowest BCUT2D eigenvalue weighted by molar-refractivity contribution is 0.293. The molecule has 172 valence electrons. The quantitative estimate of drug-likeness (QED) is 0.255. The minimum absolute atomic E-state index is 0.589. The van der Waals surface area contributed by atoms with E-state index in [1.807, 2.05) is 19.1 Å². The molecule has 1 heteroatoms. The zero-order valence-corrected chi connectivity index (χ0v) is 20.4. The average molecular weight is 431 g/mol. The molecule has 0 spiro atoms. The van der Waals surface area contributed by atoms with Gasteiger partial charge in [-0.05, 0) is 73.9 Å². The van der Waals surface area contributed by atoms with Crippen LogP contribution < -0.4 is 4.74 Å². The summed E-state index contributed by atoms with van der Waals surface area (Å²) >= 11 is 0. The molecule has 2 aromatic carbocycles. The average Bonchev–Trinajstić information content (AvgIpc) is 2.84. The monoisotopic (exact) mass is 430 g/mol.